The molecular weight excluding hydrogens is 226 g/mol. The van der Waals surface area contributed by atoms with Crippen molar-refractivity contribution in [2.45, 2.75) is 33.3 Å². The first-order valence-electron chi connectivity index (χ1n) is 6.60. The van der Waals surface area contributed by atoms with E-state index in [-0.39, 0.29) is 5.41 Å². The van der Waals surface area contributed by atoms with E-state index >= 15 is 0 Å². The second kappa shape index (κ2) is 7.39. The van der Waals surface area contributed by atoms with Gasteiger partial charge < -0.3 is 15.2 Å². The highest BCUT2D eigenvalue weighted by molar-refractivity contribution is 5.20. The van der Waals surface area contributed by atoms with E-state index in [9.17, 15) is 5.11 Å². The van der Waals surface area contributed by atoms with E-state index in [1.165, 1.54) is 0 Å². The molecule has 1 rings (SSSR count). The van der Waals surface area contributed by atoms with Gasteiger partial charge >= 0.3 is 0 Å². The average molecular weight is 251 g/mol. The first kappa shape index (κ1) is 15.0. The molecule has 0 fully saturated rings. The van der Waals surface area contributed by atoms with Crippen molar-refractivity contribution in [2.24, 2.45) is 5.41 Å². The molecule has 1 unspecified atom stereocenters. The average Bonchev–Trinajstić information content (AvgIpc) is 2.37. The summed E-state index contributed by atoms with van der Waals surface area (Å²) in [5, 5.41) is 13.1. The summed E-state index contributed by atoms with van der Waals surface area (Å²) in [6, 6.07) is 9.56. The Labute approximate surface area is 110 Å². The molecule has 18 heavy (non-hydrogen) atoms. The zero-order valence-corrected chi connectivity index (χ0v) is 11.6. The smallest absolute Gasteiger partial charge is 0.119 e. The molecule has 0 spiro atoms. The van der Waals surface area contributed by atoms with Gasteiger partial charge in [-0.2, -0.15) is 0 Å². The van der Waals surface area contributed by atoms with Gasteiger partial charge in [0.25, 0.3) is 0 Å². The number of hydrogen-bond acceptors (Lipinski definition) is 3. The number of aliphatic hydroxyl groups excluding tert-OH is 1. The summed E-state index contributed by atoms with van der Waals surface area (Å²) in [4.78, 5) is 0. The highest BCUT2D eigenvalue weighted by Gasteiger charge is 2.15. The number of benzene rings is 1. The predicted octanol–water partition coefficient (Wildman–Crippen LogP) is 2.45. The monoisotopic (exact) mass is 251 g/mol. The number of nitrogens with one attached hydrogen (secondary N) is 1. The molecule has 0 saturated heterocycles. The number of aliphatic hydroxyl groups is 1. The van der Waals surface area contributed by atoms with Crippen molar-refractivity contribution in [1.82, 2.24) is 5.32 Å². The highest BCUT2D eigenvalue weighted by atomic mass is 16.5. The normalized spacial score (nSPS) is 13.3. The van der Waals surface area contributed by atoms with Crippen molar-refractivity contribution in [3.63, 3.8) is 0 Å². The fourth-order valence-corrected chi connectivity index (χ4v) is 1.47. The number of ether oxygens (including phenoxy) is 1. The van der Waals surface area contributed by atoms with Crippen molar-refractivity contribution >= 4 is 0 Å². The Morgan fingerprint density at radius 1 is 1.28 bits per heavy atom. The molecule has 0 bridgehead atoms. The number of hydrogen-bond donors (Lipinski definition) is 2. The van der Waals surface area contributed by atoms with Gasteiger partial charge in [-0.25, -0.2) is 0 Å². The fourth-order valence-electron chi connectivity index (χ4n) is 1.47. The summed E-state index contributed by atoms with van der Waals surface area (Å²) in [6.07, 6.45) is 0.647. The van der Waals surface area contributed by atoms with Gasteiger partial charge in [-0.05, 0) is 24.0 Å². The van der Waals surface area contributed by atoms with Crippen molar-refractivity contribution in [3.05, 3.63) is 30.3 Å². The van der Waals surface area contributed by atoms with Crippen molar-refractivity contribution < 1.29 is 9.84 Å². The van der Waals surface area contributed by atoms with Gasteiger partial charge in [-0.15, -0.1) is 0 Å². The third kappa shape index (κ3) is 6.03. The third-order valence-corrected chi connectivity index (χ3v) is 3.13. The maximum Gasteiger partial charge on any atom is 0.119 e. The quantitative estimate of drug-likeness (QED) is 0.745. The van der Waals surface area contributed by atoms with Crippen LogP contribution in [0.5, 0.6) is 5.75 Å². The van der Waals surface area contributed by atoms with Gasteiger partial charge in [0.2, 0.25) is 0 Å². The Hall–Kier alpha value is -1.06. The maximum absolute atomic E-state index is 9.79. The number of para-hydroxylation sites is 1. The third-order valence-electron chi connectivity index (χ3n) is 3.13. The fraction of sp³-hybridized carbons (Fsp3) is 0.600. The van der Waals surface area contributed by atoms with Crippen LogP contribution in [0.3, 0.4) is 0 Å². The molecule has 1 aromatic rings. The van der Waals surface area contributed by atoms with Crippen LogP contribution >= 0.6 is 0 Å². The standard InChI is InChI=1S/C15H25NO2/c1-4-15(2,3)12-16-10-13(17)11-18-14-8-6-5-7-9-14/h5-9,13,16-17H,4,10-12H2,1-3H3. The molecule has 2 N–H and O–H groups in total. The van der Waals surface area contributed by atoms with E-state index in [2.05, 4.69) is 26.1 Å². The van der Waals surface area contributed by atoms with Gasteiger partial charge in [0.15, 0.2) is 0 Å². The van der Waals surface area contributed by atoms with Crippen LogP contribution in [0.15, 0.2) is 30.3 Å². The molecular formula is C15H25NO2. The topological polar surface area (TPSA) is 41.5 Å². The first-order chi connectivity index (χ1) is 8.53. The zero-order valence-electron chi connectivity index (χ0n) is 11.6. The number of rotatable bonds is 8. The lowest BCUT2D eigenvalue weighted by molar-refractivity contribution is 0.103. The summed E-state index contributed by atoms with van der Waals surface area (Å²) in [5.41, 5.74) is 0.278. The first-order valence-corrected chi connectivity index (χ1v) is 6.60. The van der Waals surface area contributed by atoms with Crippen LogP contribution in [-0.2, 0) is 0 Å². The molecule has 3 nitrogen and oxygen atoms in total. The van der Waals surface area contributed by atoms with Crippen LogP contribution in [-0.4, -0.2) is 30.9 Å². The molecule has 0 radical (unpaired) electrons. The molecule has 0 heterocycles. The van der Waals surface area contributed by atoms with Crippen LogP contribution in [0.4, 0.5) is 0 Å². The van der Waals surface area contributed by atoms with E-state index in [1.54, 1.807) is 0 Å². The molecule has 0 aromatic heterocycles. The Bertz CT molecular complexity index is 325. The minimum absolute atomic E-state index is 0.278. The second-order valence-electron chi connectivity index (χ2n) is 5.43. The lowest BCUT2D eigenvalue weighted by atomic mass is 9.90. The van der Waals surface area contributed by atoms with E-state index in [1.807, 2.05) is 30.3 Å². The lowest BCUT2D eigenvalue weighted by Crippen LogP contribution is -2.36. The Morgan fingerprint density at radius 2 is 1.94 bits per heavy atom. The molecule has 0 aliphatic rings. The zero-order chi connectivity index (χ0) is 13.4. The molecule has 102 valence electrons. The van der Waals surface area contributed by atoms with E-state index < -0.39 is 6.10 Å². The Morgan fingerprint density at radius 3 is 2.56 bits per heavy atom. The van der Waals surface area contributed by atoms with E-state index in [4.69, 9.17) is 4.74 Å². The summed E-state index contributed by atoms with van der Waals surface area (Å²) in [6.45, 7) is 8.40. The van der Waals surface area contributed by atoms with Gasteiger partial charge in [-0.3, -0.25) is 0 Å². The molecule has 0 aliphatic carbocycles. The minimum Gasteiger partial charge on any atom is -0.491 e. The van der Waals surface area contributed by atoms with Gasteiger partial charge in [-0.1, -0.05) is 39.0 Å². The van der Waals surface area contributed by atoms with Gasteiger partial charge in [0.05, 0.1) is 0 Å². The minimum atomic E-state index is -0.474. The Balaban J connectivity index is 2.16. The predicted molar refractivity (Wildman–Crippen MR) is 74.9 cm³/mol. The maximum atomic E-state index is 9.79. The highest BCUT2D eigenvalue weighted by Crippen LogP contribution is 2.17. The van der Waals surface area contributed by atoms with Crippen LogP contribution < -0.4 is 10.1 Å². The van der Waals surface area contributed by atoms with Crippen LogP contribution in [0, 0.1) is 5.41 Å². The van der Waals surface area contributed by atoms with E-state index in [0.29, 0.717) is 13.2 Å². The molecule has 0 aliphatic heterocycles. The summed E-state index contributed by atoms with van der Waals surface area (Å²) in [5.74, 6) is 0.797. The van der Waals surface area contributed by atoms with Crippen LogP contribution in [0.1, 0.15) is 27.2 Å². The van der Waals surface area contributed by atoms with Crippen LogP contribution in [0.2, 0.25) is 0 Å². The van der Waals surface area contributed by atoms with E-state index in [0.717, 1.165) is 18.7 Å². The van der Waals surface area contributed by atoms with Crippen molar-refractivity contribution in [3.8, 4) is 5.75 Å². The Kier molecular flexibility index (Phi) is 6.16. The van der Waals surface area contributed by atoms with Crippen molar-refractivity contribution in [1.29, 1.82) is 0 Å². The summed E-state index contributed by atoms with van der Waals surface area (Å²) in [7, 11) is 0. The molecule has 0 saturated carbocycles. The van der Waals surface area contributed by atoms with Crippen LogP contribution in [0.25, 0.3) is 0 Å². The second-order valence-corrected chi connectivity index (χ2v) is 5.43. The SMILES string of the molecule is CCC(C)(C)CNCC(O)COc1ccccc1. The van der Waals surface area contributed by atoms with Gasteiger partial charge in [0.1, 0.15) is 18.5 Å². The van der Waals surface area contributed by atoms with Crippen molar-refractivity contribution in [2.75, 3.05) is 19.7 Å². The molecule has 1 atom stereocenters. The molecule has 1 aromatic carbocycles. The summed E-state index contributed by atoms with van der Waals surface area (Å²) < 4.78 is 5.49. The van der Waals surface area contributed by atoms with Gasteiger partial charge in [0, 0.05) is 13.1 Å². The molecule has 0 amide bonds. The largest absolute Gasteiger partial charge is 0.491 e. The lowest BCUT2D eigenvalue weighted by Gasteiger charge is -2.24. The molecule has 3 heteroatoms. The summed E-state index contributed by atoms with van der Waals surface area (Å²) >= 11 is 0.